The number of likely N-dealkylation sites (N-methyl/N-ethyl adjacent to an activating group) is 1. The molecule has 0 bridgehead atoms. The van der Waals surface area contributed by atoms with Crippen molar-refractivity contribution in [3.05, 3.63) is 29.6 Å². The summed E-state index contributed by atoms with van der Waals surface area (Å²) in [6.45, 7) is 0.548. The van der Waals surface area contributed by atoms with E-state index >= 15 is 0 Å². The van der Waals surface area contributed by atoms with Gasteiger partial charge < -0.3 is 15.4 Å². The number of carbonyl (C=O) groups is 2. The summed E-state index contributed by atoms with van der Waals surface area (Å²) in [7, 11) is 1.64. The summed E-state index contributed by atoms with van der Waals surface area (Å²) in [6.07, 6.45) is -0.318. The van der Waals surface area contributed by atoms with Crippen molar-refractivity contribution in [2.24, 2.45) is 0 Å². The van der Waals surface area contributed by atoms with E-state index in [9.17, 15) is 14.0 Å². The summed E-state index contributed by atoms with van der Waals surface area (Å²) in [5.74, 6) is -1.64. The fourth-order valence-corrected chi connectivity index (χ4v) is 1.75. The number of nitrogens with two attached hydrogens (primary N) is 1. The molecule has 1 heterocycles. The van der Waals surface area contributed by atoms with E-state index in [0.717, 1.165) is 6.07 Å². The highest BCUT2D eigenvalue weighted by molar-refractivity contribution is 5.93. The molecule has 1 unspecified atom stereocenters. The summed E-state index contributed by atoms with van der Waals surface area (Å²) in [5.41, 5.74) is 5.31. The molecule has 1 saturated heterocycles. The van der Waals surface area contributed by atoms with Gasteiger partial charge in [-0.1, -0.05) is 0 Å². The Kier molecular flexibility index (Phi) is 3.18. The smallest absolute Gasteiger partial charge is 0.339 e. The first-order valence-corrected chi connectivity index (χ1v) is 5.50. The van der Waals surface area contributed by atoms with Crippen LogP contribution in [0.15, 0.2) is 18.2 Å². The van der Waals surface area contributed by atoms with Crippen molar-refractivity contribution in [3.63, 3.8) is 0 Å². The molecule has 0 saturated carbocycles. The minimum Gasteiger partial charge on any atom is -0.449 e. The lowest BCUT2D eigenvalue weighted by molar-refractivity contribution is -0.133. The van der Waals surface area contributed by atoms with Crippen molar-refractivity contribution in [1.82, 2.24) is 4.90 Å². The number of nitrogen functional groups attached to an aromatic ring is 1. The van der Waals surface area contributed by atoms with Crippen LogP contribution in [0.1, 0.15) is 16.8 Å². The second kappa shape index (κ2) is 4.64. The third-order valence-corrected chi connectivity index (χ3v) is 2.86. The summed E-state index contributed by atoms with van der Waals surface area (Å²) in [5, 5.41) is 0. The molecular weight excluding hydrogens is 239 g/mol. The zero-order valence-electron chi connectivity index (χ0n) is 9.85. The lowest BCUT2D eigenvalue weighted by Crippen LogP contribution is -2.29. The fourth-order valence-electron chi connectivity index (χ4n) is 1.75. The topological polar surface area (TPSA) is 72.6 Å². The third kappa shape index (κ3) is 2.27. The van der Waals surface area contributed by atoms with Crippen LogP contribution in [0.25, 0.3) is 0 Å². The van der Waals surface area contributed by atoms with E-state index in [4.69, 9.17) is 10.5 Å². The lowest BCUT2D eigenvalue weighted by Gasteiger charge is -2.11. The summed E-state index contributed by atoms with van der Waals surface area (Å²) < 4.78 is 18.2. The van der Waals surface area contributed by atoms with E-state index in [-0.39, 0.29) is 17.2 Å². The Balaban J connectivity index is 2.08. The predicted octanol–water partition coefficient (Wildman–Crippen LogP) is 0.795. The number of carbonyl (C=O) groups excluding carboxylic acids is 2. The maximum atomic E-state index is 13.2. The highest BCUT2D eigenvalue weighted by atomic mass is 19.1. The van der Waals surface area contributed by atoms with Crippen LogP contribution in [0.4, 0.5) is 10.1 Å². The van der Waals surface area contributed by atoms with Crippen LogP contribution in [0.2, 0.25) is 0 Å². The van der Waals surface area contributed by atoms with Gasteiger partial charge in [0.2, 0.25) is 0 Å². The molecule has 5 nitrogen and oxygen atoms in total. The molecule has 0 spiro atoms. The Hall–Kier alpha value is -2.11. The molecule has 6 heteroatoms. The van der Waals surface area contributed by atoms with Crippen LogP contribution in [-0.4, -0.2) is 36.5 Å². The second-order valence-corrected chi connectivity index (χ2v) is 4.18. The van der Waals surface area contributed by atoms with Crippen molar-refractivity contribution >= 4 is 17.6 Å². The highest BCUT2D eigenvalue weighted by Crippen LogP contribution is 2.17. The molecule has 96 valence electrons. The van der Waals surface area contributed by atoms with E-state index < -0.39 is 17.9 Å². The van der Waals surface area contributed by atoms with Gasteiger partial charge in [0.15, 0.2) is 6.10 Å². The molecule has 2 N–H and O–H groups in total. The van der Waals surface area contributed by atoms with E-state index in [1.807, 2.05) is 0 Å². The Labute approximate surface area is 103 Å². The van der Waals surface area contributed by atoms with Gasteiger partial charge in [0.1, 0.15) is 5.82 Å². The van der Waals surface area contributed by atoms with Gasteiger partial charge in [-0.15, -0.1) is 0 Å². The largest absolute Gasteiger partial charge is 0.449 e. The highest BCUT2D eigenvalue weighted by Gasteiger charge is 2.32. The second-order valence-electron chi connectivity index (χ2n) is 4.18. The molecule has 1 aliphatic rings. The summed E-state index contributed by atoms with van der Waals surface area (Å²) in [6, 6.07) is 3.65. The Morgan fingerprint density at radius 2 is 2.28 bits per heavy atom. The number of hydrogen-bond acceptors (Lipinski definition) is 4. The van der Waals surface area contributed by atoms with E-state index in [1.54, 1.807) is 7.05 Å². The van der Waals surface area contributed by atoms with Crippen LogP contribution < -0.4 is 5.73 Å². The molecule has 0 radical (unpaired) electrons. The number of hydrogen-bond donors (Lipinski definition) is 1. The zero-order valence-corrected chi connectivity index (χ0v) is 9.85. The number of benzene rings is 1. The van der Waals surface area contributed by atoms with Gasteiger partial charge in [-0.2, -0.15) is 0 Å². The quantitative estimate of drug-likeness (QED) is 0.624. The minimum atomic E-state index is -0.775. The minimum absolute atomic E-state index is 0.0387. The van der Waals surface area contributed by atoms with E-state index in [0.29, 0.717) is 13.0 Å². The van der Waals surface area contributed by atoms with Gasteiger partial charge in [-0.05, 0) is 18.2 Å². The Bertz CT molecular complexity index is 504. The summed E-state index contributed by atoms with van der Waals surface area (Å²) in [4.78, 5) is 24.8. The van der Waals surface area contributed by atoms with Crippen molar-refractivity contribution in [3.8, 4) is 0 Å². The van der Waals surface area contributed by atoms with Gasteiger partial charge in [0.05, 0.1) is 11.3 Å². The monoisotopic (exact) mass is 252 g/mol. The van der Waals surface area contributed by atoms with Gasteiger partial charge in [0, 0.05) is 20.0 Å². The maximum absolute atomic E-state index is 13.2. The number of esters is 1. The molecule has 1 atom stereocenters. The predicted molar refractivity (Wildman–Crippen MR) is 62.3 cm³/mol. The number of halogens is 1. The number of anilines is 1. The van der Waals surface area contributed by atoms with E-state index in [1.165, 1.54) is 17.0 Å². The first kappa shape index (κ1) is 12.3. The molecule has 0 aromatic heterocycles. The first-order chi connectivity index (χ1) is 8.49. The molecule has 1 amide bonds. The van der Waals surface area contributed by atoms with E-state index in [2.05, 4.69) is 0 Å². The normalized spacial score (nSPS) is 19.1. The van der Waals surface area contributed by atoms with Gasteiger partial charge in [-0.25, -0.2) is 9.18 Å². The lowest BCUT2D eigenvalue weighted by atomic mass is 10.2. The molecule has 1 fully saturated rings. The number of rotatable bonds is 2. The molecule has 0 aliphatic carbocycles. The van der Waals surface area contributed by atoms with Gasteiger partial charge in [0.25, 0.3) is 5.91 Å². The number of nitrogens with zero attached hydrogens (tertiary/aromatic N) is 1. The molecule has 18 heavy (non-hydrogen) atoms. The molecular formula is C12H13FN2O3. The van der Waals surface area contributed by atoms with Gasteiger partial charge in [-0.3, -0.25) is 4.79 Å². The van der Waals surface area contributed by atoms with Crippen molar-refractivity contribution in [2.45, 2.75) is 12.5 Å². The van der Waals surface area contributed by atoms with Crippen LogP contribution in [0.3, 0.4) is 0 Å². The number of ether oxygens (including phenoxy) is 1. The van der Waals surface area contributed by atoms with Crippen LogP contribution in [-0.2, 0) is 9.53 Å². The Morgan fingerprint density at radius 1 is 1.56 bits per heavy atom. The average Bonchev–Trinajstić information content (AvgIpc) is 2.64. The zero-order chi connectivity index (χ0) is 13.3. The summed E-state index contributed by atoms with van der Waals surface area (Å²) >= 11 is 0. The third-order valence-electron chi connectivity index (χ3n) is 2.86. The molecule has 1 aromatic rings. The molecule has 1 aromatic carbocycles. The molecule has 1 aliphatic heterocycles. The van der Waals surface area contributed by atoms with Crippen molar-refractivity contribution in [1.29, 1.82) is 0 Å². The Morgan fingerprint density at radius 3 is 2.83 bits per heavy atom. The fraction of sp³-hybridized carbons (Fsp3) is 0.333. The van der Waals surface area contributed by atoms with Crippen LogP contribution >= 0.6 is 0 Å². The van der Waals surface area contributed by atoms with Gasteiger partial charge >= 0.3 is 5.97 Å². The first-order valence-electron chi connectivity index (χ1n) is 5.50. The SMILES string of the molecule is CN1CCC(OC(=O)c2ccc(N)c(F)c2)C1=O. The van der Waals surface area contributed by atoms with Crippen LogP contribution in [0.5, 0.6) is 0 Å². The van der Waals surface area contributed by atoms with Crippen molar-refractivity contribution in [2.75, 3.05) is 19.3 Å². The average molecular weight is 252 g/mol. The molecule has 2 rings (SSSR count). The standard InChI is InChI=1S/C12H13FN2O3/c1-15-5-4-10(11(15)16)18-12(17)7-2-3-9(14)8(13)6-7/h2-3,6,10H,4-5,14H2,1H3. The maximum Gasteiger partial charge on any atom is 0.339 e. The number of amides is 1. The van der Waals surface area contributed by atoms with Crippen molar-refractivity contribution < 1.29 is 18.7 Å². The number of likely N-dealkylation sites (tertiary alicyclic amines) is 1. The van der Waals surface area contributed by atoms with Crippen LogP contribution in [0, 0.1) is 5.82 Å².